The third-order valence-corrected chi connectivity index (χ3v) is 5.47. The molecule has 5 nitrogen and oxygen atoms in total. The second-order valence-electron chi connectivity index (χ2n) is 8.11. The second-order valence-corrected chi connectivity index (χ2v) is 8.11. The summed E-state index contributed by atoms with van der Waals surface area (Å²) < 4.78 is 51.9. The van der Waals surface area contributed by atoms with E-state index in [4.69, 9.17) is 14.6 Å². The summed E-state index contributed by atoms with van der Waals surface area (Å²) in [6, 6.07) is 18.8. The normalized spacial score (nSPS) is 11.2. The molecule has 184 valence electrons. The van der Waals surface area contributed by atoms with Crippen LogP contribution in [0.5, 0.6) is 23.0 Å². The van der Waals surface area contributed by atoms with E-state index in [9.17, 15) is 18.0 Å². The third kappa shape index (κ3) is 6.21. The standard InChI is InChI=1S/C28H22F3NO4/c1-18-14-24(10-7-19(18)8-12-27(33)34)35-22-5-2-6-23(16-22)36-26-11-9-21(28(29,30)31)15-25(26)20-4-3-13-32-17-20/h2-7,9-11,13-17H,8,12H2,1H3,(H,33,34). The molecule has 0 aliphatic heterocycles. The first kappa shape index (κ1) is 24.8. The maximum absolute atomic E-state index is 13.3. The van der Waals surface area contributed by atoms with Gasteiger partial charge in [-0.25, -0.2) is 0 Å². The highest BCUT2D eigenvalue weighted by atomic mass is 19.4. The predicted molar refractivity (Wildman–Crippen MR) is 128 cm³/mol. The van der Waals surface area contributed by atoms with Gasteiger partial charge < -0.3 is 14.6 Å². The molecule has 1 aromatic heterocycles. The lowest BCUT2D eigenvalue weighted by Gasteiger charge is -2.15. The summed E-state index contributed by atoms with van der Waals surface area (Å²) in [5, 5.41) is 8.89. The minimum Gasteiger partial charge on any atom is -0.481 e. The fraction of sp³-hybridized carbons (Fsp3) is 0.143. The van der Waals surface area contributed by atoms with Gasteiger partial charge in [-0.05, 0) is 73.0 Å². The monoisotopic (exact) mass is 493 g/mol. The molecule has 0 atom stereocenters. The molecule has 0 saturated carbocycles. The summed E-state index contributed by atoms with van der Waals surface area (Å²) in [4.78, 5) is 14.8. The van der Waals surface area contributed by atoms with Crippen LogP contribution < -0.4 is 9.47 Å². The molecule has 1 heterocycles. The molecule has 4 aromatic rings. The summed E-state index contributed by atoms with van der Waals surface area (Å²) in [6.45, 7) is 1.88. The van der Waals surface area contributed by atoms with Crippen LogP contribution in [0.2, 0.25) is 0 Å². The Morgan fingerprint density at radius 2 is 1.67 bits per heavy atom. The van der Waals surface area contributed by atoms with Gasteiger partial charge in [0.2, 0.25) is 0 Å². The number of alkyl halides is 3. The molecule has 4 rings (SSSR count). The van der Waals surface area contributed by atoms with Gasteiger partial charge in [-0.2, -0.15) is 13.2 Å². The van der Waals surface area contributed by atoms with Gasteiger partial charge in [-0.15, -0.1) is 0 Å². The Morgan fingerprint density at radius 1 is 0.917 bits per heavy atom. The maximum Gasteiger partial charge on any atom is 0.416 e. The molecular formula is C28H22F3NO4. The van der Waals surface area contributed by atoms with Crippen LogP contribution in [0.15, 0.2) is 85.2 Å². The van der Waals surface area contributed by atoms with Gasteiger partial charge in [0, 0.05) is 36.0 Å². The van der Waals surface area contributed by atoms with E-state index in [2.05, 4.69) is 4.98 Å². The Kier molecular flexibility index (Phi) is 7.24. The summed E-state index contributed by atoms with van der Waals surface area (Å²) in [6.07, 6.45) is -1.00. The van der Waals surface area contributed by atoms with Crippen molar-refractivity contribution in [3.63, 3.8) is 0 Å². The SMILES string of the molecule is Cc1cc(Oc2cccc(Oc3ccc(C(F)(F)F)cc3-c3cccnc3)c2)ccc1CCC(=O)O. The first-order chi connectivity index (χ1) is 17.2. The number of carboxylic acids is 1. The van der Waals surface area contributed by atoms with Crippen molar-refractivity contribution in [1.29, 1.82) is 0 Å². The number of ether oxygens (including phenoxy) is 2. The maximum atomic E-state index is 13.3. The average molecular weight is 493 g/mol. The van der Waals surface area contributed by atoms with Crippen LogP contribution >= 0.6 is 0 Å². The lowest BCUT2D eigenvalue weighted by molar-refractivity contribution is -0.138. The lowest BCUT2D eigenvalue weighted by Crippen LogP contribution is -2.05. The number of hydrogen-bond donors (Lipinski definition) is 1. The topological polar surface area (TPSA) is 68.7 Å². The highest BCUT2D eigenvalue weighted by molar-refractivity contribution is 5.71. The molecule has 0 aliphatic carbocycles. The van der Waals surface area contributed by atoms with Gasteiger partial charge in [0.1, 0.15) is 23.0 Å². The van der Waals surface area contributed by atoms with Crippen molar-refractivity contribution < 1.29 is 32.5 Å². The molecule has 0 radical (unpaired) electrons. The number of carboxylic acid groups (broad SMARTS) is 1. The molecule has 36 heavy (non-hydrogen) atoms. The van der Waals surface area contributed by atoms with Crippen LogP contribution in [0.4, 0.5) is 13.2 Å². The molecule has 0 fully saturated rings. The minimum atomic E-state index is -4.50. The fourth-order valence-electron chi connectivity index (χ4n) is 3.66. The van der Waals surface area contributed by atoms with Crippen molar-refractivity contribution in [1.82, 2.24) is 4.98 Å². The number of hydrogen-bond acceptors (Lipinski definition) is 4. The Morgan fingerprint density at radius 3 is 2.33 bits per heavy atom. The van der Waals surface area contributed by atoms with Gasteiger partial charge in [0.15, 0.2) is 0 Å². The molecule has 0 amide bonds. The highest BCUT2D eigenvalue weighted by Crippen LogP contribution is 2.39. The van der Waals surface area contributed by atoms with Gasteiger partial charge in [0.25, 0.3) is 0 Å². The summed E-state index contributed by atoms with van der Waals surface area (Å²) >= 11 is 0. The Bertz CT molecular complexity index is 1370. The van der Waals surface area contributed by atoms with E-state index in [1.165, 1.54) is 12.3 Å². The number of aromatic nitrogens is 1. The molecule has 0 saturated heterocycles. The fourth-order valence-corrected chi connectivity index (χ4v) is 3.66. The van der Waals surface area contributed by atoms with Gasteiger partial charge in [0.05, 0.1) is 5.56 Å². The first-order valence-corrected chi connectivity index (χ1v) is 11.1. The molecule has 3 aromatic carbocycles. The van der Waals surface area contributed by atoms with Crippen LogP contribution in [-0.4, -0.2) is 16.1 Å². The molecule has 0 unspecified atom stereocenters. The van der Waals surface area contributed by atoms with Crippen LogP contribution in [0.1, 0.15) is 23.1 Å². The zero-order valence-corrected chi connectivity index (χ0v) is 19.3. The number of carbonyl (C=O) groups is 1. The molecule has 0 bridgehead atoms. The summed E-state index contributed by atoms with van der Waals surface area (Å²) in [5.41, 5.74) is 1.80. The van der Waals surface area contributed by atoms with Gasteiger partial charge in [-0.3, -0.25) is 9.78 Å². The third-order valence-electron chi connectivity index (χ3n) is 5.47. The van der Waals surface area contributed by atoms with Crippen molar-refractivity contribution in [2.75, 3.05) is 0 Å². The van der Waals surface area contributed by atoms with Gasteiger partial charge >= 0.3 is 12.1 Å². The number of rotatable bonds is 8. The average Bonchev–Trinajstić information content (AvgIpc) is 2.84. The van der Waals surface area contributed by atoms with E-state index < -0.39 is 17.7 Å². The van der Waals surface area contributed by atoms with Crippen molar-refractivity contribution in [3.8, 4) is 34.1 Å². The molecule has 0 aliphatic rings. The number of benzene rings is 3. The Balaban J connectivity index is 1.57. The van der Waals surface area contributed by atoms with E-state index in [1.54, 1.807) is 48.7 Å². The Labute approximate surface area is 205 Å². The molecular weight excluding hydrogens is 471 g/mol. The number of nitrogens with zero attached hydrogens (tertiary/aromatic N) is 1. The number of halogens is 3. The van der Waals surface area contributed by atoms with Crippen LogP contribution in [0.3, 0.4) is 0 Å². The largest absolute Gasteiger partial charge is 0.481 e. The van der Waals surface area contributed by atoms with E-state index in [-0.39, 0.29) is 17.7 Å². The van der Waals surface area contributed by atoms with Crippen LogP contribution in [-0.2, 0) is 17.4 Å². The van der Waals surface area contributed by atoms with Gasteiger partial charge in [-0.1, -0.05) is 18.2 Å². The molecule has 0 spiro atoms. The van der Waals surface area contributed by atoms with Crippen molar-refractivity contribution in [3.05, 3.63) is 102 Å². The number of aryl methyl sites for hydroxylation is 2. The zero-order valence-electron chi connectivity index (χ0n) is 19.3. The lowest BCUT2D eigenvalue weighted by atomic mass is 10.0. The minimum absolute atomic E-state index is 0.0470. The number of pyridine rings is 1. The van der Waals surface area contributed by atoms with Crippen molar-refractivity contribution in [2.24, 2.45) is 0 Å². The summed E-state index contributed by atoms with van der Waals surface area (Å²) in [5.74, 6) is 0.805. The van der Waals surface area contributed by atoms with Crippen molar-refractivity contribution in [2.45, 2.75) is 25.9 Å². The smallest absolute Gasteiger partial charge is 0.416 e. The Hall–Kier alpha value is -4.33. The van der Waals surface area contributed by atoms with E-state index in [0.29, 0.717) is 29.2 Å². The van der Waals surface area contributed by atoms with Crippen LogP contribution in [0.25, 0.3) is 11.1 Å². The highest BCUT2D eigenvalue weighted by Gasteiger charge is 2.31. The zero-order chi connectivity index (χ0) is 25.7. The molecule has 1 N–H and O–H groups in total. The van der Waals surface area contributed by atoms with E-state index in [1.807, 2.05) is 19.1 Å². The van der Waals surface area contributed by atoms with E-state index in [0.717, 1.165) is 23.3 Å². The van der Waals surface area contributed by atoms with Crippen LogP contribution in [0, 0.1) is 6.92 Å². The predicted octanol–water partition coefficient (Wildman–Crippen LogP) is 7.68. The van der Waals surface area contributed by atoms with E-state index >= 15 is 0 Å². The first-order valence-electron chi connectivity index (χ1n) is 11.1. The summed E-state index contributed by atoms with van der Waals surface area (Å²) in [7, 11) is 0. The number of aliphatic carboxylic acids is 1. The quantitative estimate of drug-likeness (QED) is 0.273. The van der Waals surface area contributed by atoms with Crippen molar-refractivity contribution >= 4 is 5.97 Å². The second kappa shape index (κ2) is 10.5. The molecule has 8 heteroatoms.